The van der Waals surface area contributed by atoms with E-state index >= 15 is 0 Å². The van der Waals surface area contributed by atoms with E-state index in [1.165, 1.54) is 13.8 Å². The first-order chi connectivity index (χ1) is 8.46. The van der Waals surface area contributed by atoms with E-state index in [-0.39, 0.29) is 0 Å². The molecule has 1 N–H and O–H groups in total. The molecule has 0 aliphatic rings. The van der Waals surface area contributed by atoms with E-state index in [4.69, 9.17) is 0 Å². The summed E-state index contributed by atoms with van der Waals surface area (Å²) in [6.45, 7) is 2.69. The number of rotatable bonds is 2. The van der Waals surface area contributed by atoms with E-state index in [0.29, 0.717) is 18.2 Å². The van der Waals surface area contributed by atoms with Crippen molar-refractivity contribution >= 4 is 0 Å². The summed E-state index contributed by atoms with van der Waals surface area (Å²) in [5.74, 6) is -0.774. The van der Waals surface area contributed by atoms with Crippen LogP contribution >= 0.6 is 0 Å². The Kier molecular flexibility index (Phi) is 4.19. The summed E-state index contributed by atoms with van der Waals surface area (Å²) < 4.78 is 76.6. The first-order valence-corrected chi connectivity index (χ1v) is 5.41. The Morgan fingerprint density at radius 3 is 1.53 bits per heavy atom. The second-order valence-corrected chi connectivity index (χ2v) is 4.45. The van der Waals surface area contributed by atoms with Crippen LogP contribution < -0.4 is 0 Å². The highest BCUT2D eigenvalue weighted by Gasteiger charge is 2.42. The molecule has 1 atom stereocenters. The molecule has 0 spiro atoms. The predicted molar refractivity (Wildman–Crippen MR) is 56.2 cm³/mol. The molecule has 1 unspecified atom stereocenters. The van der Waals surface area contributed by atoms with Crippen LogP contribution in [0, 0.1) is 5.92 Å². The maximum absolute atomic E-state index is 12.8. The molecule has 0 radical (unpaired) electrons. The van der Waals surface area contributed by atoms with Crippen molar-refractivity contribution < 1.29 is 31.4 Å². The second kappa shape index (κ2) is 5.03. The smallest absolute Gasteiger partial charge is 0.388 e. The summed E-state index contributed by atoms with van der Waals surface area (Å²) >= 11 is 0. The monoisotopic (exact) mass is 286 g/mol. The van der Waals surface area contributed by atoms with Crippen molar-refractivity contribution in [3.05, 3.63) is 34.9 Å². The van der Waals surface area contributed by atoms with Crippen LogP contribution in [-0.4, -0.2) is 5.11 Å². The third-order valence-electron chi connectivity index (χ3n) is 2.64. The number of hydrogen-bond acceptors (Lipinski definition) is 1. The Bertz CT molecular complexity index is 414. The van der Waals surface area contributed by atoms with Gasteiger partial charge in [0.25, 0.3) is 0 Å². The van der Waals surface area contributed by atoms with E-state index in [0.717, 1.165) is 0 Å². The normalized spacial score (nSPS) is 14.8. The molecule has 108 valence electrons. The molecular formula is C12H12F6O. The highest BCUT2D eigenvalue weighted by Crippen LogP contribution is 2.43. The number of aliphatic hydroxyl groups is 1. The lowest BCUT2D eigenvalue weighted by molar-refractivity contribution is -0.146. The number of benzene rings is 1. The van der Waals surface area contributed by atoms with Gasteiger partial charge in [-0.25, -0.2) is 0 Å². The zero-order chi connectivity index (χ0) is 15.0. The Labute approximate surface area is 105 Å². The second-order valence-electron chi connectivity index (χ2n) is 4.45. The highest BCUT2D eigenvalue weighted by atomic mass is 19.4. The summed E-state index contributed by atoms with van der Waals surface area (Å²) in [6.07, 6.45) is -11.7. The van der Waals surface area contributed by atoms with Gasteiger partial charge in [0.1, 0.15) is 0 Å². The van der Waals surface area contributed by atoms with Crippen LogP contribution in [0.25, 0.3) is 0 Å². The summed E-state index contributed by atoms with van der Waals surface area (Å²) in [5.41, 5.74) is -4.02. The third-order valence-corrected chi connectivity index (χ3v) is 2.64. The van der Waals surface area contributed by atoms with Crippen LogP contribution in [0.3, 0.4) is 0 Å². The van der Waals surface area contributed by atoms with Crippen molar-refractivity contribution in [2.24, 2.45) is 5.92 Å². The van der Waals surface area contributed by atoms with Gasteiger partial charge in [-0.05, 0) is 18.1 Å². The maximum Gasteiger partial charge on any atom is 0.416 e. The fourth-order valence-corrected chi connectivity index (χ4v) is 1.71. The van der Waals surface area contributed by atoms with Gasteiger partial charge in [-0.3, -0.25) is 0 Å². The molecule has 0 heterocycles. The molecule has 1 aromatic carbocycles. The van der Waals surface area contributed by atoms with Crippen molar-refractivity contribution in [1.29, 1.82) is 0 Å². The van der Waals surface area contributed by atoms with E-state index in [9.17, 15) is 31.4 Å². The van der Waals surface area contributed by atoms with E-state index in [1.54, 1.807) is 0 Å². The minimum atomic E-state index is -4.95. The van der Waals surface area contributed by atoms with Gasteiger partial charge in [0.2, 0.25) is 0 Å². The molecule has 0 aliphatic heterocycles. The lowest BCUT2D eigenvalue weighted by Crippen LogP contribution is -2.21. The summed E-state index contributed by atoms with van der Waals surface area (Å²) in [6, 6.07) is 1.76. The maximum atomic E-state index is 12.8. The number of aliphatic hydroxyl groups excluding tert-OH is 1. The Morgan fingerprint density at radius 1 is 0.895 bits per heavy atom. The van der Waals surface area contributed by atoms with Crippen molar-refractivity contribution in [2.45, 2.75) is 32.3 Å². The van der Waals surface area contributed by atoms with Gasteiger partial charge in [0.15, 0.2) is 0 Å². The zero-order valence-electron chi connectivity index (χ0n) is 10.1. The summed E-state index contributed by atoms with van der Waals surface area (Å²) in [5, 5.41) is 9.69. The zero-order valence-corrected chi connectivity index (χ0v) is 10.1. The summed E-state index contributed by atoms with van der Waals surface area (Å²) in [4.78, 5) is 0. The van der Waals surface area contributed by atoms with Crippen molar-refractivity contribution in [3.8, 4) is 0 Å². The lowest BCUT2D eigenvalue weighted by atomic mass is 9.90. The largest absolute Gasteiger partial charge is 0.416 e. The Balaban J connectivity index is 3.60. The number of halogens is 6. The average molecular weight is 286 g/mol. The van der Waals surface area contributed by atoms with Crippen LogP contribution in [0.5, 0.6) is 0 Å². The van der Waals surface area contributed by atoms with Gasteiger partial charge >= 0.3 is 12.4 Å². The fraction of sp³-hybridized carbons (Fsp3) is 0.500. The molecule has 1 aromatic rings. The molecule has 1 rings (SSSR count). The van der Waals surface area contributed by atoms with E-state index < -0.39 is 41.1 Å². The molecule has 0 aliphatic carbocycles. The van der Waals surface area contributed by atoms with Crippen LogP contribution in [0.15, 0.2) is 18.2 Å². The van der Waals surface area contributed by atoms with Crippen LogP contribution in [0.2, 0.25) is 0 Å². The van der Waals surface area contributed by atoms with E-state index in [2.05, 4.69) is 0 Å². The molecule has 19 heavy (non-hydrogen) atoms. The number of hydrogen-bond donors (Lipinski definition) is 1. The fourth-order valence-electron chi connectivity index (χ4n) is 1.71. The molecule has 7 heteroatoms. The van der Waals surface area contributed by atoms with Gasteiger partial charge in [0, 0.05) is 5.56 Å². The molecule has 1 nitrogen and oxygen atoms in total. The van der Waals surface area contributed by atoms with Crippen molar-refractivity contribution in [3.63, 3.8) is 0 Å². The van der Waals surface area contributed by atoms with Crippen LogP contribution in [-0.2, 0) is 12.4 Å². The van der Waals surface area contributed by atoms with E-state index in [1.807, 2.05) is 0 Å². The summed E-state index contributed by atoms with van der Waals surface area (Å²) in [7, 11) is 0. The molecular weight excluding hydrogens is 274 g/mol. The molecule has 0 bridgehead atoms. The molecule has 0 saturated carbocycles. The molecule has 0 aromatic heterocycles. The minimum absolute atomic E-state index is 0.538. The van der Waals surface area contributed by atoms with Gasteiger partial charge in [0.05, 0.1) is 17.2 Å². The minimum Gasteiger partial charge on any atom is -0.388 e. The lowest BCUT2D eigenvalue weighted by Gasteiger charge is -2.24. The molecule has 0 fully saturated rings. The first kappa shape index (κ1) is 15.8. The van der Waals surface area contributed by atoms with Gasteiger partial charge in [-0.15, -0.1) is 0 Å². The van der Waals surface area contributed by atoms with Gasteiger partial charge in [-0.2, -0.15) is 26.3 Å². The molecule has 0 amide bonds. The average Bonchev–Trinajstić information content (AvgIpc) is 2.24. The van der Waals surface area contributed by atoms with Crippen LogP contribution in [0.1, 0.15) is 36.6 Å². The standard InChI is InChI=1S/C12H12F6O/c1-6(2)10(19)9-7(11(13,14)15)4-3-5-8(9)12(16,17)18/h3-6,10,19H,1-2H3. The quantitative estimate of drug-likeness (QED) is 0.798. The third kappa shape index (κ3) is 3.40. The Hall–Kier alpha value is -1.24. The number of alkyl halides is 6. The topological polar surface area (TPSA) is 20.2 Å². The highest BCUT2D eigenvalue weighted by molar-refractivity contribution is 5.40. The Morgan fingerprint density at radius 2 is 1.26 bits per heavy atom. The van der Waals surface area contributed by atoms with Gasteiger partial charge in [-0.1, -0.05) is 19.9 Å². The van der Waals surface area contributed by atoms with Gasteiger partial charge < -0.3 is 5.11 Å². The van der Waals surface area contributed by atoms with Crippen LogP contribution in [0.4, 0.5) is 26.3 Å². The first-order valence-electron chi connectivity index (χ1n) is 5.41. The predicted octanol–water partition coefficient (Wildman–Crippen LogP) is 4.41. The van der Waals surface area contributed by atoms with Crippen molar-refractivity contribution in [2.75, 3.05) is 0 Å². The molecule has 0 saturated heterocycles. The SMILES string of the molecule is CC(C)C(O)c1c(C(F)(F)F)cccc1C(F)(F)F. The van der Waals surface area contributed by atoms with Crippen molar-refractivity contribution in [1.82, 2.24) is 0 Å².